The largest absolute Gasteiger partial charge is 0.378 e. The van der Waals surface area contributed by atoms with E-state index in [0.29, 0.717) is 12.5 Å². The van der Waals surface area contributed by atoms with E-state index in [1.807, 2.05) is 6.92 Å². The van der Waals surface area contributed by atoms with Crippen LogP contribution < -0.4 is 5.32 Å². The van der Waals surface area contributed by atoms with E-state index < -0.39 is 0 Å². The number of rotatable bonds is 6. The molecule has 19 heavy (non-hydrogen) atoms. The molecule has 0 unspecified atom stereocenters. The Morgan fingerprint density at radius 2 is 2.26 bits per heavy atom. The van der Waals surface area contributed by atoms with Crippen LogP contribution in [0.2, 0.25) is 0 Å². The first-order valence-corrected chi connectivity index (χ1v) is 7.56. The number of hydrogen-bond acceptors (Lipinski definition) is 3. The van der Waals surface area contributed by atoms with E-state index in [1.54, 1.807) is 0 Å². The quantitative estimate of drug-likeness (QED) is 0.804. The topological polar surface area (TPSA) is 47.6 Å². The SMILES string of the molecule is CCO[C@@H]1C[C@@H](NC(=O)CC[C@@H]2CCCO2)C1(C)C. The highest BCUT2D eigenvalue weighted by atomic mass is 16.5. The minimum absolute atomic E-state index is 0.0511. The highest BCUT2D eigenvalue weighted by Crippen LogP contribution is 2.42. The van der Waals surface area contributed by atoms with Gasteiger partial charge in [-0.15, -0.1) is 0 Å². The van der Waals surface area contributed by atoms with Crippen molar-refractivity contribution in [1.29, 1.82) is 0 Å². The molecule has 0 bridgehead atoms. The molecule has 0 aromatic carbocycles. The second kappa shape index (κ2) is 6.23. The lowest BCUT2D eigenvalue weighted by molar-refractivity contribution is -0.137. The Labute approximate surface area is 116 Å². The average Bonchev–Trinajstić information content (AvgIpc) is 2.88. The molecule has 3 atom stereocenters. The van der Waals surface area contributed by atoms with Crippen LogP contribution in [0, 0.1) is 5.41 Å². The van der Waals surface area contributed by atoms with E-state index in [2.05, 4.69) is 19.2 Å². The minimum atomic E-state index is 0.0511. The van der Waals surface area contributed by atoms with Crippen molar-refractivity contribution in [3.63, 3.8) is 0 Å². The minimum Gasteiger partial charge on any atom is -0.378 e. The Kier molecular flexibility index (Phi) is 4.85. The monoisotopic (exact) mass is 269 g/mol. The molecule has 0 spiro atoms. The van der Waals surface area contributed by atoms with E-state index >= 15 is 0 Å². The average molecular weight is 269 g/mol. The van der Waals surface area contributed by atoms with Gasteiger partial charge in [-0.2, -0.15) is 0 Å². The molecule has 4 nitrogen and oxygen atoms in total. The predicted molar refractivity (Wildman–Crippen MR) is 74.0 cm³/mol. The summed E-state index contributed by atoms with van der Waals surface area (Å²) in [5.74, 6) is 0.156. The molecule has 1 aliphatic heterocycles. The molecule has 1 heterocycles. The van der Waals surface area contributed by atoms with E-state index in [1.165, 1.54) is 0 Å². The van der Waals surface area contributed by atoms with Crippen LogP contribution in [0.15, 0.2) is 0 Å². The van der Waals surface area contributed by atoms with Crippen molar-refractivity contribution in [1.82, 2.24) is 5.32 Å². The lowest BCUT2D eigenvalue weighted by Gasteiger charge is -2.51. The van der Waals surface area contributed by atoms with E-state index in [-0.39, 0.29) is 23.5 Å². The van der Waals surface area contributed by atoms with Gasteiger partial charge < -0.3 is 14.8 Å². The fraction of sp³-hybridized carbons (Fsp3) is 0.933. The van der Waals surface area contributed by atoms with Gasteiger partial charge in [0.2, 0.25) is 5.91 Å². The Morgan fingerprint density at radius 1 is 1.47 bits per heavy atom. The highest BCUT2D eigenvalue weighted by molar-refractivity contribution is 5.76. The summed E-state index contributed by atoms with van der Waals surface area (Å²) in [5, 5.41) is 3.14. The summed E-state index contributed by atoms with van der Waals surface area (Å²) in [4.78, 5) is 11.9. The van der Waals surface area contributed by atoms with Crippen LogP contribution in [0.3, 0.4) is 0 Å². The maximum atomic E-state index is 11.9. The molecule has 1 amide bonds. The summed E-state index contributed by atoms with van der Waals surface area (Å²) < 4.78 is 11.2. The van der Waals surface area contributed by atoms with Gasteiger partial charge >= 0.3 is 0 Å². The van der Waals surface area contributed by atoms with Crippen molar-refractivity contribution < 1.29 is 14.3 Å². The highest BCUT2D eigenvalue weighted by Gasteiger charge is 2.49. The van der Waals surface area contributed by atoms with Gasteiger partial charge in [-0.1, -0.05) is 13.8 Å². The molecule has 0 aromatic heterocycles. The number of ether oxygens (including phenoxy) is 2. The van der Waals surface area contributed by atoms with Gasteiger partial charge in [0.1, 0.15) is 0 Å². The normalized spacial score (nSPS) is 32.9. The number of hydrogen-bond donors (Lipinski definition) is 1. The fourth-order valence-electron chi connectivity index (χ4n) is 3.04. The van der Waals surface area contributed by atoms with Crippen LogP contribution in [0.4, 0.5) is 0 Å². The lowest BCUT2D eigenvalue weighted by atomic mass is 9.64. The molecule has 110 valence electrons. The zero-order valence-corrected chi connectivity index (χ0v) is 12.4. The molecule has 1 aliphatic carbocycles. The summed E-state index contributed by atoms with van der Waals surface area (Å²) in [6.07, 6.45) is 5.20. The molecule has 0 radical (unpaired) electrons. The van der Waals surface area contributed by atoms with Crippen molar-refractivity contribution >= 4 is 5.91 Å². The van der Waals surface area contributed by atoms with Gasteiger partial charge in [0.25, 0.3) is 0 Å². The molecule has 2 fully saturated rings. The van der Waals surface area contributed by atoms with Gasteiger partial charge in [0.15, 0.2) is 0 Å². The molecule has 1 saturated heterocycles. The van der Waals surface area contributed by atoms with Gasteiger partial charge in [-0.3, -0.25) is 4.79 Å². The standard InChI is InChI=1S/C15H27NO3/c1-4-18-13-10-12(15(13,2)3)16-14(17)8-7-11-6-5-9-19-11/h11-13H,4-10H2,1-3H3,(H,16,17)/t11-,12+,13+/m0/s1. The van der Waals surface area contributed by atoms with Gasteiger partial charge in [-0.25, -0.2) is 0 Å². The zero-order chi connectivity index (χ0) is 13.9. The lowest BCUT2D eigenvalue weighted by Crippen LogP contribution is -2.62. The van der Waals surface area contributed by atoms with Crippen molar-refractivity contribution in [3.8, 4) is 0 Å². The summed E-state index contributed by atoms with van der Waals surface area (Å²) in [6, 6.07) is 0.251. The van der Waals surface area contributed by atoms with Gasteiger partial charge in [0.05, 0.1) is 12.2 Å². The van der Waals surface area contributed by atoms with Crippen molar-refractivity contribution in [2.24, 2.45) is 5.41 Å². The van der Waals surface area contributed by atoms with Gasteiger partial charge in [-0.05, 0) is 32.6 Å². The third-order valence-electron chi connectivity index (χ3n) is 4.60. The van der Waals surface area contributed by atoms with Crippen LogP contribution in [0.1, 0.15) is 52.9 Å². The second-order valence-corrected chi connectivity index (χ2v) is 6.29. The Bertz CT molecular complexity index is 311. The van der Waals surface area contributed by atoms with Crippen LogP contribution in [-0.4, -0.2) is 37.4 Å². The fourth-order valence-corrected chi connectivity index (χ4v) is 3.04. The Balaban J connectivity index is 1.68. The number of carbonyl (C=O) groups is 1. The van der Waals surface area contributed by atoms with Crippen LogP contribution in [0.5, 0.6) is 0 Å². The first-order valence-electron chi connectivity index (χ1n) is 7.56. The van der Waals surface area contributed by atoms with E-state index in [0.717, 1.165) is 38.9 Å². The molecule has 1 N–H and O–H groups in total. The Morgan fingerprint density at radius 3 is 2.84 bits per heavy atom. The summed E-state index contributed by atoms with van der Waals surface area (Å²) in [7, 11) is 0. The first-order chi connectivity index (χ1) is 9.04. The zero-order valence-electron chi connectivity index (χ0n) is 12.4. The summed E-state index contributed by atoms with van der Waals surface area (Å²) in [5.41, 5.74) is 0.0511. The molecular formula is C15H27NO3. The van der Waals surface area contributed by atoms with Crippen LogP contribution in [-0.2, 0) is 14.3 Å². The van der Waals surface area contributed by atoms with Crippen LogP contribution >= 0.6 is 0 Å². The number of carbonyl (C=O) groups excluding carboxylic acids is 1. The number of amides is 1. The maximum Gasteiger partial charge on any atom is 0.220 e. The smallest absolute Gasteiger partial charge is 0.220 e. The first kappa shape index (κ1) is 14.8. The molecule has 4 heteroatoms. The Hall–Kier alpha value is -0.610. The second-order valence-electron chi connectivity index (χ2n) is 6.29. The third kappa shape index (κ3) is 3.48. The van der Waals surface area contributed by atoms with Gasteiger partial charge in [0, 0.05) is 31.1 Å². The molecule has 2 rings (SSSR count). The van der Waals surface area contributed by atoms with E-state index in [4.69, 9.17) is 9.47 Å². The van der Waals surface area contributed by atoms with Crippen molar-refractivity contribution in [2.45, 2.75) is 71.1 Å². The molecule has 0 aromatic rings. The molecular weight excluding hydrogens is 242 g/mol. The third-order valence-corrected chi connectivity index (χ3v) is 4.60. The molecule has 1 saturated carbocycles. The van der Waals surface area contributed by atoms with Crippen molar-refractivity contribution in [3.05, 3.63) is 0 Å². The molecule has 2 aliphatic rings. The van der Waals surface area contributed by atoms with Crippen molar-refractivity contribution in [2.75, 3.05) is 13.2 Å². The summed E-state index contributed by atoms with van der Waals surface area (Å²) >= 11 is 0. The van der Waals surface area contributed by atoms with E-state index in [9.17, 15) is 4.79 Å². The van der Waals surface area contributed by atoms with Crippen LogP contribution in [0.25, 0.3) is 0 Å². The summed E-state index contributed by atoms with van der Waals surface area (Å²) in [6.45, 7) is 7.96. The predicted octanol–water partition coefficient (Wildman–Crippen LogP) is 2.27. The maximum absolute atomic E-state index is 11.9. The number of nitrogens with one attached hydrogen (secondary N) is 1.